The summed E-state index contributed by atoms with van der Waals surface area (Å²) in [4.78, 5) is 4.99. The molecule has 1 unspecified atom stereocenters. The van der Waals surface area contributed by atoms with Gasteiger partial charge < -0.3 is 5.32 Å². The highest BCUT2D eigenvalue weighted by Crippen LogP contribution is 2.29. The van der Waals surface area contributed by atoms with Crippen LogP contribution in [0.15, 0.2) is 71.8 Å². The highest BCUT2D eigenvalue weighted by molar-refractivity contribution is 7.89. The summed E-state index contributed by atoms with van der Waals surface area (Å²) in [6, 6.07) is 18.0. The van der Waals surface area contributed by atoms with Crippen molar-refractivity contribution < 1.29 is 8.42 Å². The van der Waals surface area contributed by atoms with Crippen molar-refractivity contribution in [2.45, 2.75) is 17.7 Å². The van der Waals surface area contributed by atoms with Crippen molar-refractivity contribution in [2.75, 3.05) is 25.0 Å². The molecule has 2 aromatic heterocycles. The molecule has 1 saturated heterocycles. The minimum Gasteiger partial charge on any atom is -0.370 e. The molecule has 172 valence electrons. The number of sulfonamides is 1. The normalized spacial score (nSPS) is 17.1. The minimum absolute atomic E-state index is 0.145. The van der Waals surface area contributed by atoms with Gasteiger partial charge in [-0.15, -0.1) is 0 Å². The van der Waals surface area contributed by atoms with Crippen LogP contribution < -0.4 is 10.8 Å². The second kappa shape index (κ2) is 9.41. The van der Waals surface area contributed by atoms with E-state index in [1.807, 2.05) is 36.4 Å². The van der Waals surface area contributed by atoms with Crippen LogP contribution in [0.3, 0.4) is 0 Å². The number of piperidine rings is 1. The summed E-state index contributed by atoms with van der Waals surface area (Å²) < 4.78 is 29.4. The van der Waals surface area contributed by atoms with E-state index < -0.39 is 10.0 Å². The molecular weight excluding hydrogens is 469 g/mol. The van der Waals surface area contributed by atoms with Gasteiger partial charge in [-0.2, -0.15) is 13.9 Å². The molecule has 1 atom stereocenters. The topological polar surface area (TPSA) is 79.6 Å². The maximum Gasteiger partial charge on any atom is 0.243 e. The molecule has 5 rings (SSSR count). The number of hydrogen-bond acceptors (Lipinski definition) is 5. The predicted octanol–water partition coefficient (Wildman–Crippen LogP) is 3.36. The van der Waals surface area contributed by atoms with E-state index in [1.165, 1.54) is 0 Å². The molecule has 34 heavy (non-hydrogen) atoms. The Kier molecular flexibility index (Phi) is 6.33. The Bertz CT molecular complexity index is 1430. The fourth-order valence-electron chi connectivity index (χ4n) is 4.31. The molecule has 2 aromatic carbocycles. The predicted molar refractivity (Wildman–Crippen MR) is 135 cm³/mol. The van der Waals surface area contributed by atoms with Gasteiger partial charge in [0, 0.05) is 42.5 Å². The Morgan fingerprint density at radius 1 is 1.12 bits per heavy atom. The second-order valence-electron chi connectivity index (χ2n) is 8.41. The van der Waals surface area contributed by atoms with Crippen molar-refractivity contribution in [3.8, 4) is 11.3 Å². The quantitative estimate of drug-likeness (QED) is 0.418. The summed E-state index contributed by atoms with van der Waals surface area (Å²) >= 11 is 6.41. The van der Waals surface area contributed by atoms with Crippen LogP contribution in [0.2, 0.25) is 5.02 Å². The van der Waals surface area contributed by atoms with Crippen molar-refractivity contribution in [3.05, 3.63) is 71.9 Å². The van der Waals surface area contributed by atoms with E-state index in [0.717, 1.165) is 24.2 Å². The van der Waals surface area contributed by atoms with Gasteiger partial charge in [0.05, 0.1) is 10.6 Å². The molecule has 2 radical (unpaired) electrons. The number of nitrogens with zero attached hydrogens (tertiary/aromatic N) is 4. The fourth-order valence-corrected chi connectivity index (χ4v) is 6.12. The second-order valence-corrected chi connectivity index (χ2v) is 10.8. The SMILES string of the molecule is [B]c1cnn2c(NCC3CCCN(S(=O)(=O)c4ccccc4)C3)cc(-c3ccccc3Cl)nc12. The lowest BCUT2D eigenvalue weighted by molar-refractivity contribution is 0.275. The van der Waals surface area contributed by atoms with Crippen molar-refractivity contribution in [3.63, 3.8) is 0 Å². The van der Waals surface area contributed by atoms with Gasteiger partial charge in [0.15, 0.2) is 5.65 Å². The number of hydrogen-bond donors (Lipinski definition) is 1. The van der Waals surface area contributed by atoms with E-state index in [1.54, 1.807) is 39.3 Å². The first-order valence-electron chi connectivity index (χ1n) is 11.1. The third kappa shape index (κ3) is 4.43. The lowest BCUT2D eigenvalue weighted by Crippen LogP contribution is -2.41. The van der Waals surface area contributed by atoms with Gasteiger partial charge >= 0.3 is 0 Å². The van der Waals surface area contributed by atoms with E-state index in [9.17, 15) is 8.42 Å². The molecule has 1 aliphatic heterocycles. The number of fused-ring (bicyclic) bond motifs is 1. The molecule has 0 spiro atoms. The summed E-state index contributed by atoms with van der Waals surface area (Å²) in [5.74, 6) is 0.867. The minimum atomic E-state index is -3.51. The number of anilines is 1. The van der Waals surface area contributed by atoms with Crippen LogP contribution in [0, 0.1) is 5.92 Å². The maximum atomic E-state index is 13.1. The Hall–Kier alpha value is -2.88. The molecule has 1 aliphatic rings. The van der Waals surface area contributed by atoms with Crippen molar-refractivity contribution in [2.24, 2.45) is 5.92 Å². The molecule has 4 aromatic rings. The van der Waals surface area contributed by atoms with Crippen molar-refractivity contribution in [1.29, 1.82) is 0 Å². The fraction of sp³-hybridized carbons (Fsp3) is 0.250. The largest absolute Gasteiger partial charge is 0.370 e. The molecule has 0 aliphatic carbocycles. The van der Waals surface area contributed by atoms with Crippen LogP contribution in [0.1, 0.15) is 12.8 Å². The monoisotopic (exact) mass is 491 g/mol. The first-order chi connectivity index (χ1) is 16.4. The summed E-state index contributed by atoms with van der Waals surface area (Å²) in [7, 11) is 2.60. The lowest BCUT2D eigenvalue weighted by Gasteiger charge is -2.32. The van der Waals surface area contributed by atoms with Crippen LogP contribution >= 0.6 is 11.6 Å². The molecule has 7 nitrogen and oxygen atoms in total. The third-order valence-electron chi connectivity index (χ3n) is 6.08. The first-order valence-corrected chi connectivity index (χ1v) is 12.9. The zero-order valence-corrected chi connectivity index (χ0v) is 20.0. The third-order valence-corrected chi connectivity index (χ3v) is 8.29. The van der Waals surface area contributed by atoms with Crippen LogP contribution in [0.4, 0.5) is 5.82 Å². The zero-order chi connectivity index (χ0) is 23.7. The van der Waals surface area contributed by atoms with Gasteiger partial charge in [0.1, 0.15) is 13.7 Å². The summed E-state index contributed by atoms with van der Waals surface area (Å²) in [6.07, 6.45) is 3.31. The van der Waals surface area contributed by atoms with Gasteiger partial charge in [-0.25, -0.2) is 13.4 Å². The van der Waals surface area contributed by atoms with Gasteiger partial charge in [-0.3, -0.25) is 0 Å². The lowest BCUT2D eigenvalue weighted by atomic mass is 9.99. The average Bonchev–Trinajstić information content (AvgIpc) is 3.24. The average molecular weight is 492 g/mol. The highest BCUT2D eigenvalue weighted by atomic mass is 35.5. The molecule has 0 bridgehead atoms. The standard InChI is InChI=1S/C24H23BClN5O2S/c25-20-15-28-31-23(13-22(29-24(20)31)19-10-4-5-11-21(19)26)27-14-17-7-6-12-30(16-17)34(32,33)18-8-2-1-3-9-18/h1-5,8-11,13,15,17,27H,6-7,12,14,16H2. The smallest absolute Gasteiger partial charge is 0.243 e. The number of nitrogens with one attached hydrogen (secondary N) is 1. The van der Waals surface area contributed by atoms with Gasteiger partial charge in [0.2, 0.25) is 10.0 Å². The first kappa shape index (κ1) is 22.9. The molecule has 0 saturated carbocycles. The number of rotatable bonds is 6. The number of halogens is 1. The summed E-state index contributed by atoms with van der Waals surface area (Å²) in [5.41, 5.74) is 2.49. The van der Waals surface area contributed by atoms with Gasteiger partial charge in [-0.1, -0.05) is 48.0 Å². The molecule has 1 N–H and O–H groups in total. The molecule has 10 heteroatoms. The van der Waals surface area contributed by atoms with E-state index in [2.05, 4.69) is 15.4 Å². The van der Waals surface area contributed by atoms with Crippen LogP contribution in [-0.2, 0) is 10.0 Å². The Morgan fingerprint density at radius 2 is 1.88 bits per heavy atom. The van der Waals surface area contributed by atoms with E-state index >= 15 is 0 Å². The summed E-state index contributed by atoms with van der Waals surface area (Å²) in [6.45, 7) is 1.57. The van der Waals surface area contributed by atoms with Crippen LogP contribution in [-0.4, -0.2) is 54.8 Å². The molecule has 3 heterocycles. The van der Waals surface area contributed by atoms with Gasteiger partial charge in [0.25, 0.3) is 0 Å². The van der Waals surface area contributed by atoms with E-state index in [4.69, 9.17) is 19.4 Å². The Labute approximate surface area is 205 Å². The van der Waals surface area contributed by atoms with Crippen LogP contribution in [0.25, 0.3) is 16.9 Å². The van der Waals surface area contributed by atoms with Crippen LogP contribution in [0.5, 0.6) is 0 Å². The molecule has 0 amide bonds. The Morgan fingerprint density at radius 3 is 2.68 bits per heavy atom. The molecule has 1 fully saturated rings. The number of aromatic nitrogens is 3. The highest BCUT2D eigenvalue weighted by Gasteiger charge is 2.30. The molecular formula is C24H23BClN5O2S. The van der Waals surface area contributed by atoms with E-state index in [0.29, 0.717) is 46.4 Å². The maximum absolute atomic E-state index is 13.1. The Balaban J connectivity index is 1.38. The van der Waals surface area contributed by atoms with Crippen molar-refractivity contribution in [1.82, 2.24) is 18.9 Å². The van der Waals surface area contributed by atoms with Gasteiger partial charge in [-0.05, 0) is 42.4 Å². The number of benzene rings is 2. The summed E-state index contributed by atoms with van der Waals surface area (Å²) in [5, 5.41) is 8.41. The van der Waals surface area contributed by atoms with E-state index in [-0.39, 0.29) is 5.92 Å². The van der Waals surface area contributed by atoms with Crippen molar-refractivity contribution >= 4 is 46.4 Å². The zero-order valence-electron chi connectivity index (χ0n) is 18.4.